The molecule has 0 aromatic heterocycles. The predicted octanol–water partition coefficient (Wildman–Crippen LogP) is 4.17. The van der Waals surface area contributed by atoms with E-state index in [0.29, 0.717) is 17.5 Å². The first kappa shape index (κ1) is 20.0. The van der Waals surface area contributed by atoms with Crippen LogP contribution in [0.15, 0.2) is 59.5 Å². The summed E-state index contributed by atoms with van der Waals surface area (Å²) in [5, 5.41) is 0.422. The quantitative estimate of drug-likeness (QED) is 0.560. The van der Waals surface area contributed by atoms with Crippen LogP contribution in [0.5, 0.6) is 5.75 Å². The Kier molecular flexibility index (Phi) is 6.76. The SMILES string of the molecule is COc1ccccc1/C=C/C(=O)OCC(=O)N1CC[C@@H](C)Sc2ccccc21. The minimum absolute atomic E-state index is 0.221. The van der Waals surface area contributed by atoms with Crippen LogP contribution in [0.3, 0.4) is 0 Å². The lowest BCUT2D eigenvalue weighted by atomic mass is 10.2. The maximum Gasteiger partial charge on any atom is 0.331 e. The molecule has 6 heteroatoms. The van der Waals surface area contributed by atoms with E-state index >= 15 is 0 Å². The van der Waals surface area contributed by atoms with Crippen molar-refractivity contribution in [3.63, 3.8) is 0 Å². The second-order valence-corrected chi connectivity index (χ2v) is 7.89. The van der Waals surface area contributed by atoms with Crippen LogP contribution in [-0.4, -0.2) is 37.4 Å². The molecule has 0 aliphatic carbocycles. The average molecular weight is 397 g/mol. The first-order valence-electron chi connectivity index (χ1n) is 9.12. The number of para-hydroxylation sites is 2. The number of methoxy groups -OCH3 is 1. The number of esters is 1. The molecule has 3 rings (SSSR count). The molecule has 0 radical (unpaired) electrons. The van der Waals surface area contributed by atoms with Gasteiger partial charge in [-0.2, -0.15) is 0 Å². The summed E-state index contributed by atoms with van der Waals surface area (Å²) >= 11 is 1.76. The summed E-state index contributed by atoms with van der Waals surface area (Å²) in [6, 6.07) is 15.2. The third-order valence-corrected chi connectivity index (χ3v) is 5.66. The number of hydrogen-bond acceptors (Lipinski definition) is 5. The Balaban J connectivity index is 1.62. The highest BCUT2D eigenvalue weighted by atomic mass is 32.2. The van der Waals surface area contributed by atoms with Gasteiger partial charge in [0.05, 0.1) is 12.8 Å². The van der Waals surface area contributed by atoms with Gasteiger partial charge >= 0.3 is 5.97 Å². The highest BCUT2D eigenvalue weighted by Gasteiger charge is 2.24. The van der Waals surface area contributed by atoms with Gasteiger partial charge in [0.2, 0.25) is 0 Å². The molecule has 0 fully saturated rings. The van der Waals surface area contributed by atoms with Gasteiger partial charge in [-0.15, -0.1) is 11.8 Å². The minimum Gasteiger partial charge on any atom is -0.496 e. The standard InChI is InChI=1S/C22H23NO4S/c1-16-13-14-23(18-8-4-6-10-20(18)28-16)21(24)15-27-22(25)12-11-17-7-3-5-9-19(17)26-2/h3-12,16H,13-15H2,1-2H3/b12-11+/t16-/m1/s1. The number of carbonyl (C=O) groups excluding carboxylic acids is 2. The van der Waals surface area contributed by atoms with Gasteiger partial charge in [0.25, 0.3) is 5.91 Å². The Morgan fingerprint density at radius 1 is 1.18 bits per heavy atom. The molecule has 2 aromatic rings. The topological polar surface area (TPSA) is 55.8 Å². The largest absolute Gasteiger partial charge is 0.496 e. The van der Waals surface area contributed by atoms with Gasteiger partial charge < -0.3 is 14.4 Å². The molecule has 0 saturated carbocycles. The molecular formula is C22H23NO4S. The van der Waals surface area contributed by atoms with E-state index in [-0.39, 0.29) is 12.5 Å². The zero-order valence-electron chi connectivity index (χ0n) is 16.0. The average Bonchev–Trinajstić information content (AvgIpc) is 2.88. The van der Waals surface area contributed by atoms with E-state index in [1.165, 1.54) is 6.08 Å². The van der Waals surface area contributed by atoms with Crippen molar-refractivity contribution in [3.8, 4) is 5.75 Å². The fourth-order valence-corrected chi connectivity index (χ4v) is 4.08. The van der Waals surface area contributed by atoms with Crippen LogP contribution in [0, 0.1) is 0 Å². The summed E-state index contributed by atoms with van der Waals surface area (Å²) in [5.41, 5.74) is 1.64. The van der Waals surface area contributed by atoms with Gasteiger partial charge in [-0.25, -0.2) is 4.79 Å². The van der Waals surface area contributed by atoms with E-state index in [1.807, 2.05) is 48.5 Å². The summed E-state index contributed by atoms with van der Waals surface area (Å²) in [7, 11) is 1.57. The molecule has 2 aromatic carbocycles. The van der Waals surface area contributed by atoms with Crippen LogP contribution >= 0.6 is 11.8 Å². The fraction of sp³-hybridized carbons (Fsp3) is 0.273. The number of amides is 1. The molecule has 1 atom stereocenters. The Labute approximate surface area is 169 Å². The highest BCUT2D eigenvalue weighted by Crippen LogP contribution is 2.37. The number of thioether (sulfide) groups is 1. The fourth-order valence-electron chi connectivity index (χ4n) is 2.97. The van der Waals surface area contributed by atoms with Gasteiger partial charge in [-0.1, -0.05) is 37.3 Å². The zero-order valence-corrected chi connectivity index (χ0v) is 16.8. The van der Waals surface area contributed by atoms with Crippen LogP contribution < -0.4 is 9.64 Å². The molecule has 1 heterocycles. The number of nitrogens with zero attached hydrogens (tertiary/aromatic N) is 1. The van der Waals surface area contributed by atoms with Crippen molar-refractivity contribution in [2.45, 2.75) is 23.5 Å². The smallest absolute Gasteiger partial charge is 0.331 e. The number of hydrogen-bond donors (Lipinski definition) is 0. The number of rotatable bonds is 5. The second-order valence-electron chi connectivity index (χ2n) is 6.41. The maximum atomic E-state index is 12.7. The van der Waals surface area contributed by atoms with E-state index in [2.05, 4.69) is 6.92 Å². The molecule has 1 amide bonds. The predicted molar refractivity (Wildman–Crippen MR) is 112 cm³/mol. The summed E-state index contributed by atoms with van der Waals surface area (Å²) < 4.78 is 10.4. The molecule has 5 nitrogen and oxygen atoms in total. The van der Waals surface area contributed by atoms with Crippen LogP contribution in [0.1, 0.15) is 18.9 Å². The van der Waals surface area contributed by atoms with Gasteiger partial charge in [0.1, 0.15) is 5.75 Å². The molecule has 0 unspecified atom stereocenters. The number of anilines is 1. The lowest BCUT2D eigenvalue weighted by molar-refractivity contribution is -0.142. The first-order valence-corrected chi connectivity index (χ1v) is 10.0. The molecule has 0 spiro atoms. The van der Waals surface area contributed by atoms with E-state index in [1.54, 1.807) is 29.8 Å². The molecule has 0 saturated heterocycles. The monoisotopic (exact) mass is 397 g/mol. The molecule has 146 valence electrons. The number of fused-ring (bicyclic) bond motifs is 1. The van der Waals surface area contributed by atoms with Gasteiger partial charge in [0, 0.05) is 28.3 Å². The lowest BCUT2D eigenvalue weighted by Crippen LogP contribution is -2.35. The lowest BCUT2D eigenvalue weighted by Gasteiger charge is -2.22. The summed E-state index contributed by atoms with van der Waals surface area (Å²) in [4.78, 5) is 27.5. The molecule has 0 N–H and O–H groups in total. The molecular weight excluding hydrogens is 374 g/mol. The summed E-state index contributed by atoms with van der Waals surface area (Å²) in [6.45, 7) is 2.47. The van der Waals surface area contributed by atoms with Crippen molar-refractivity contribution in [1.29, 1.82) is 0 Å². The molecule has 28 heavy (non-hydrogen) atoms. The Morgan fingerprint density at radius 3 is 2.75 bits per heavy atom. The highest BCUT2D eigenvalue weighted by molar-refractivity contribution is 8.00. The second kappa shape index (κ2) is 9.46. The van der Waals surface area contributed by atoms with Gasteiger partial charge in [-0.3, -0.25) is 4.79 Å². The summed E-state index contributed by atoms with van der Waals surface area (Å²) in [6.07, 6.45) is 3.80. The number of benzene rings is 2. The Bertz CT molecular complexity index is 880. The van der Waals surface area contributed by atoms with E-state index < -0.39 is 5.97 Å². The van der Waals surface area contributed by atoms with Crippen LogP contribution in [0.2, 0.25) is 0 Å². The van der Waals surface area contributed by atoms with E-state index in [4.69, 9.17) is 9.47 Å². The Morgan fingerprint density at radius 2 is 1.93 bits per heavy atom. The third kappa shape index (κ3) is 4.95. The van der Waals surface area contributed by atoms with E-state index in [9.17, 15) is 9.59 Å². The van der Waals surface area contributed by atoms with Crippen molar-refractivity contribution in [2.24, 2.45) is 0 Å². The number of ether oxygens (including phenoxy) is 2. The molecule has 1 aliphatic heterocycles. The molecule has 1 aliphatic rings. The summed E-state index contributed by atoms with van der Waals surface area (Å²) in [5.74, 6) is -0.123. The number of carbonyl (C=O) groups is 2. The minimum atomic E-state index is -0.565. The molecule has 0 bridgehead atoms. The first-order chi connectivity index (χ1) is 13.6. The van der Waals surface area contributed by atoms with Crippen LogP contribution in [-0.2, 0) is 14.3 Å². The third-order valence-electron chi connectivity index (χ3n) is 4.42. The van der Waals surface area contributed by atoms with Crippen molar-refractivity contribution < 1.29 is 19.1 Å². The van der Waals surface area contributed by atoms with Crippen LogP contribution in [0.4, 0.5) is 5.69 Å². The van der Waals surface area contributed by atoms with Crippen molar-refractivity contribution >= 4 is 35.4 Å². The van der Waals surface area contributed by atoms with Crippen molar-refractivity contribution in [3.05, 3.63) is 60.2 Å². The van der Waals surface area contributed by atoms with Gasteiger partial charge in [-0.05, 0) is 30.7 Å². The maximum absolute atomic E-state index is 12.7. The van der Waals surface area contributed by atoms with E-state index in [0.717, 1.165) is 22.6 Å². The zero-order chi connectivity index (χ0) is 19.9. The van der Waals surface area contributed by atoms with Crippen LogP contribution in [0.25, 0.3) is 6.08 Å². The Hall–Kier alpha value is -2.73. The van der Waals surface area contributed by atoms with Gasteiger partial charge in [0.15, 0.2) is 6.61 Å². The normalized spacial score (nSPS) is 16.4. The van der Waals surface area contributed by atoms with Crippen molar-refractivity contribution in [1.82, 2.24) is 0 Å². The van der Waals surface area contributed by atoms with Crippen molar-refractivity contribution in [2.75, 3.05) is 25.2 Å².